The third kappa shape index (κ3) is 7.05. The van der Waals surface area contributed by atoms with Gasteiger partial charge in [-0.15, -0.1) is 11.8 Å². The predicted octanol–water partition coefficient (Wildman–Crippen LogP) is 6.61. The molecule has 0 radical (unpaired) electrons. The van der Waals surface area contributed by atoms with Crippen molar-refractivity contribution in [3.8, 4) is 0 Å². The van der Waals surface area contributed by atoms with Crippen LogP contribution in [0.1, 0.15) is 44.6 Å². The van der Waals surface area contributed by atoms with Crippen LogP contribution < -0.4 is 5.32 Å². The van der Waals surface area contributed by atoms with Crippen LogP contribution in [0.5, 0.6) is 0 Å². The van der Waals surface area contributed by atoms with E-state index < -0.39 is 6.04 Å². The van der Waals surface area contributed by atoms with Gasteiger partial charge in [-0.1, -0.05) is 53.7 Å². The van der Waals surface area contributed by atoms with E-state index in [1.165, 1.54) is 0 Å². The Bertz CT molecular complexity index is 913. The van der Waals surface area contributed by atoms with Crippen molar-refractivity contribution in [2.24, 2.45) is 0 Å². The first-order chi connectivity index (χ1) is 15.3. The Labute approximate surface area is 209 Å². The van der Waals surface area contributed by atoms with Crippen LogP contribution in [0.3, 0.4) is 0 Å². The number of hydrogen-bond acceptors (Lipinski definition) is 3. The van der Waals surface area contributed by atoms with Crippen molar-refractivity contribution in [1.29, 1.82) is 0 Å². The lowest BCUT2D eigenvalue weighted by Gasteiger charge is -2.30. The van der Waals surface area contributed by atoms with Gasteiger partial charge in [-0.05, 0) is 56.2 Å². The van der Waals surface area contributed by atoms with Crippen LogP contribution in [0.25, 0.3) is 0 Å². The van der Waals surface area contributed by atoms with Gasteiger partial charge in [0.1, 0.15) is 6.04 Å². The van der Waals surface area contributed by atoms with E-state index in [2.05, 4.69) is 5.32 Å². The van der Waals surface area contributed by atoms with Gasteiger partial charge in [0.2, 0.25) is 11.8 Å². The van der Waals surface area contributed by atoms with Crippen molar-refractivity contribution in [3.05, 3.63) is 63.1 Å². The molecule has 3 rings (SSSR count). The summed E-state index contributed by atoms with van der Waals surface area (Å²) in [6.45, 7) is 1.95. The third-order valence-electron chi connectivity index (χ3n) is 5.66. The molecule has 0 aliphatic heterocycles. The summed E-state index contributed by atoms with van der Waals surface area (Å²) in [5, 5.41) is 4.74. The Morgan fingerprint density at radius 3 is 2.31 bits per heavy atom. The van der Waals surface area contributed by atoms with Gasteiger partial charge in [0.05, 0.1) is 0 Å². The summed E-state index contributed by atoms with van der Waals surface area (Å²) in [5.74, 6) is 0.333. The number of halogens is 3. The molecular formula is C24H27Cl3N2O2S. The number of nitrogens with zero attached hydrogens (tertiary/aromatic N) is 1. The van der Waals surface area contributed by atoms with Crippen molar-refractivity contribution < 1.29 is 9.59 Å². The molecular weight excluding hydrogens is 487 g/mol. The minimum Gasteiger partial charge on any atom is -0.352 e. The highest BCUT2D eigenvalue weighted by molar-refractivity contribution is 7.99. The van der Waals surface area contributed by atoms with Gasteiger partial charge in [0, 0.05) is 50.3 Å². The van der Waals surface area contributed by atoms with Crippen molar-refractivity contribution in [3.63, 3.8) is 0 Å². The molecule has 0 unspecified atom stereocenters. The fourth-order valence-electron chi connectivity index (χ4n) is 3.76. The van der Waals surface area contributed by atoms with E-state index >= 15 is 0 Å². The van der Waals surface area contributed by atoms with Crippen molar-refractivity contribution in [1.82, 2.24) is 10.2 Å². The fourth-order valence-corrected chi connectivity index (χ4v) is 5.24. The quantitative estimate of drug-likeness (QED) is 0.384. The average Bonchev–Trinajstić information content (AvgIpc) is 3.27. The van der Waals surface area contributed by atoms with Gasteiger partial charge in [-0.25, -0.2) is 0 Å². The normalized spacial score (nSPS) is 14.9. The minimum atomic E-state index is -0.629. The Hall–Kier alpha value is -1.40. The first kappa shape index (κ1) is 25.2. The molecule has 2 aromatic rings. The lowest BCUT2D eigenvalue weighted by Crippen LogP contribution is -2.49. The van der Waals surface area contributed by atoms with E-state index in [0.29, 0.717) is 26.4 Å². The molecule has 0 bridgehead atoms. The van der Waals surface area contributed by atoms with E-state index in [0.717, 1.165) is 30.6 Å². The summed E-state index contributed by atoms with van der Waals surface area (Å²) in [7, 11) is 0. The van der Waals surface area contributed by atoms with Crippen LogP contribution >= 0.6 is 46.6 Å². The molecule has 2 aromatic carbocycles. The van der Waals surface area contributed by atoms with Gasteiger partial charge in [0.15, 0.2) is 0 Å². The summed E-state index contributed by atoms with van der Waals surface area (Å²) < 4.78 is 0. The number of thioether (sulfide) groups is 1. The molecule has 2 amide bonds. The largest absolute Gasteiger partial charge is 0.352 e. The van der Waals surface area contributed by atoms with E-state index in [-0.39, 0.29) is 30.8 Å². The summed E-state index contributed by atoms with van der Waals surface area (Å²) in [5.41, 5.74) is 0.648. The second-order valence-electron chi connectivity index (χ2n) is 7.94. The molecule has 1 N–H and O–H groups in total. The van der Waals surface area contributed by atoms with Crippen LogP contribution in [0.15, 0.2) is 47.4 Å². The van der Waals surface area contributed by atoms with E-state index in [9.17, 15) is 9.59 Å². The maximum atomic E-state index is 13.2. The van der Waals surface area contributed by atoms with Gasteiger partial charge in [-0.3, -0.25) is 9.59 Å². The van der Waals surface area contributed by atoms with Crippen LogP contribution in [-0.4, -0.2) is 34.6 Å². The number of nitrogens with one attached hydrogen (secondary N) is 1. The number of carbonyl (C=O) groups excluding carboxylic acids is 2. The van der Waals surface area contributed by atoms with Crippen LogP contribution in [0.2, 0.25) is 15.1 Å². The molecule has 172 valence electrons. The molecule has 1 fully saturated rings. The number of carbonyl (C=O) groups is 2. The highest BCUT2D eigenvalue weighted by Gasteiger charge is 2.29. The topological polar surface area (TPSA) is 49.4 Å². The van der Waals surface area contributed by atoms with Crippen molar-refractivity contribution >= 4 is 58.4 Å². The molecule has 4 nitrogen and oxygen atoms in total. The van der Waals surface area contributed by atoms with Gasteiger partial charge in [0.25, 0.3) is 0 Å². The Balaban J connectivity index is 1.70. The van der Waals surface area contributed by atoms with Crippen molar-refractivity contribution in [2.75, 3.05) is 5.75 Å². The van der Waals surface area contributed by atoms with Crippen molar-refractivity contribution in [2.45, 2.75) is 62.6 Å². The first-order valence-electron chi connectivity index (χ1n) is 10.8. The van der Waals surface area contributed by atoms with Crippen LogP contribution in [0, 0.1) is 0 Å². The van der Waals surface area contributed by atoms with E-state index in [1.807, 2.05) is 24.3 Å². The number of benzene rings is 2. The highest BCUT2D eigenvalue weighted by atomic mass is 35.5. The standard InChI is InChI=1S/C24H27Cl3N2O2S/c1-16(24(31)28-18-5-2-3-6-18)29(15-20-21(26)7-4-8-22(20)27)23(30)13-14-32-19-11-9-17(25)10-12-19/h4,7-12,16,18H,2-3,5-6,13-15H2,1H3,(H,28,31)/t16-/m1/s1. The zero-order valence-corrected chi connectivity index (χ0v) is 21.0. The number of amides is 2. The van der Waals surface area contributed by atoms with E-state index in [4.69, 9.17) is 34.8 Å². The van der Waals surface area contributed by atoms with Crippen LogP contribution in [-0.2, 0) is 16.1 Å². The molecule has 1 atom stereocenters. The van der Waals surface area contributed by atoms with Gasteiger partial charge < -0.3 is 10.2 Å². The Kier molecular flexibility index (Phi) is 9.60. The maximum absolute atomic E-state index is 13.2. The third-order valence-corrected chi connectivity index (χ3v) is 7.63. The summed E-state index contributed by atoms with van der Waals surface area (Å²) in [6.07, 6.45) is 4.51. The molecule has 1 aliphatic carbocycles. The SMILES string of the molecule is C[C@H](C(=O)NC1CCCC1)N(Cc1c(Cl)cccc1Cl)C(=O)CCSc1ccc(Cl)cc1. The lowest BCUT2D eigenvalue weighted by atomic mass is 10.1. The summed E-state index contributed by atoms with van der Waals surface area (Å²) in [4.78, 5) is 28.8. The predicted molar refractivity (Wildman–Crippen MR) is 134 cm³/mol. The molecule has 0 spiro atoms. The Morgan fingerprint density at radius 2 is 1.69 bits per heavy atom. The first-order valence-corrected chi connectivity index (χ1v) is 12.9. The Morgan fingerprint density at radius 1 is 1.06 bits per heavy atom. The van der Waals surface area contributed by atoms with Gasteiger partial charge >= 0.3 is 0 Å². The van der Waals surface area contributed by atoms with Gasteiger partial charge in [-0.2, -0.15) is 0 Å². The second-order valence-corrected chi connectivity index (χ2v) is 10.4. The molecule has 0 aromatic heterocycles. The molecule has 32 heavy (non-hydrogen) atoms. The lowest BCUT2D eigenvalue weighted by molar-refractivity contribution is -0.140. The summed E-state index contributed by atoms with van der Waals surface area (Å²) in [6, 6.07) is 12.3. The smallest absolute Gasteiger partial charge is 0.242 e. The zero-order valence-electron chi connectivity index (χ0n) is 18.0. The van der Waals surface area contributed by atoms with Crippen LogP contribution in [0.4, 0.5) is 0 Å². The summed E-state index contributed by atoms with van der Waals surface area (Å²) >= 11 is 20.2. The average molecular weight is 514 g/mol. The monoisotopic (exact) mass is 512 g/mol. The number of rotatable bonds is 9. The van der Waals surface area contributed by atoms with E-state index in [1.54, 1.807) is 41.8 Å². The maximum Gasteiger partial charge on any atom is 0.242 e. The molecule has 0 saturated heterocycles. The molecule has 1 saturated carbocycles. The second kappa shape index (κ2) is 12.2. The highest BCUT2D eigenvalue weighted by Crippen LogP contribution is 2.28. The zero-order chi connectivity index (χ0) is 23.1. The fraction of sp³-hybridized carbons (Fsp3) is 0.417. The number of hydrogen-bond donors (Lipinski definition) is 1. The molecule has 0 heterocycles. The minimum absolute atomic E-state index is 0.114. The molecule has 1 aliphatic rings. The molecule has 8 heteroatoms.